The molecule has 0 unspecified atom stereocenters. The SMILES string of the molecule is O=C1NC[C@H](c2ccccc2Br)O1. The van der Waals surface area contributed by atoms with Gasteiger partial charge < -0.3 is 10.1 Å². The molecule has 1 amide bonds. The maximum Gasteiger partial charge on any atom is 0.407 e. The van der Waals surface area contributed by atoms with Crippen molar-refractivity contribution in [3.63, 3.8) is 0 Å². The van der Waals surface area contributed by atoms with E-state index < -0.39 is 0 Å². The first-order chi connectivity index (χ1) is 6.27. The summed E-state index contributed by atoms with van der Waals surface area (Å²) in [4.78, 5) is 10.8. The number of rotatable bonds is 1. The average molecular weight is 242 g/mol. The fourth-order valence-corrected chi connectivity index (χ4v) is 1.84. The van der Waals surface area contributed by atoms with E-state index in [1.165, 1.54) is 0 Å². The van der Waals surface area contributed by atoms with Gasteiger partial charge in [0.2, 0.25) is 0 Å². The van der Waals surface area contributed by atoms with Crippen LogP contribution in [0.2, 0.25) is 0 Å². The molecule has 4 heteroatoms. The summed E-state index contributed by atoms with van der Waals surface area (Å²) in [6, 6.07) is 7.72. The zero-order valence-electron chi connectivity index (χ0n) is 6.79. The zero-order valence-corrected chi connectivity index (χ0v) is 8.37. The number of carbonyl (C=O) groups is 1. The maximum atomic E-state index is 10.8. The predicted molar refractivity (Wildman–Crippen MR) is 51.4 cm³/mol. The van der Waals surface area contributed by atoms with E-state index in [1.54, 1.807) is 0 Å². The van der Waals surface area contributed by atoms with Crippen molar-refractivity contribution < 1.29 is 9.53 Å². The minimum atomic E-state index is -0.347. The second kappa shape index (κ2) is 3.38. The second-order valence-corrected chi connectivity index (χ2v) is 3.65. The molecule has 1 fully saturated rings. The van der Waals surface area contributed by atoms with Gasteiger partial charge in [0.05, 0.1) is 6.54 Å². The number of amides is 1. The number of hydrogen-bond acceptors (Lipinski definition) is 2. The highest BCUT2D eigenvalue weighted by atomic mass is 79.9. The van der Waals surface area contributed by atoms with Crippen LogP contribution < -0.4 is 5.32 Å². The van der Waals surface area contributed by atoms with E-state index >= 15 is 0 Å². The average Bonchev–Trinajstić information content (AvgIpc) is 2.53. The van der Waals surface area contributed by atoms with Crippen LogP contribution in [0.15, 0.2) is 28.7 Å². The highest BCUT2D eigenvalue weighted by molar-refractivity contribution is 9.10. The minimum Gasteiger partial charge on any atom is -0.439 e. The zero-order chi connectivity index (χ0) is 9.26. The van der Waals surface area contributed by atoms with Gasteiger partial charge in [0.1, 0.15) is 6.10 Å². The van der Waals surface area contributed by atoms with Crippen molar-refractivity contribution >= 4 is 22.0 Å². The summed E-state index contributed by atoms with van der Waals surface area (Å²) in [7, 11) is 0. The molecule has 1 aliphatic rings. The number of nitrogens with one attached hydrogen (secondary N) is 1. The summed E-state index contributed by atoms with van der Waals surface area (Å²) < 4.78 is 6.02. The number of hydrogen-bond donors (Lipinski definition) is 1. The summed E-state index contributed by atoms with van der Waals surface area (Å²) in [6.45, 7) is 0.543. The van der Waals surface area contributed by atoms with Gasteiger partial charge in [0.25, 0.3) is 0 Å². The van der Waals surface area contributed by atoms with Crippen molar-refractivity contribution in [1.82, 2.24) is 5.32 Å². The molecule has 0 saturated carbocycles. The number of ether oxygens (including phenoxy) is 1. The molecular weight excluding hydrogens is 234 g/mol. The van der Waals surface area contributed by atoms with Crippen molar-refractivity contribution in [1.29, 1.82) is 0 Å². The van der Waals surface area contributed by atoms with Gasteiger partial charge in [-0.25, -0.2) is 4.79 Å². The van der Waals surface area contributed by atoms with Gasteiger partial charge in [-0.2, -0.15) is 0 Å². The molecule has 1 saturated heterocycles. The first-order valence-corrected chi connectivity index (χ1v) is 4.75. The molecule has 1 aliphatic heterocycles. The Morgan fingerprint density at radius 1 is 1.46 bits per heavy atom. The van der Waals surface area contributed by atoms with Crippen LogP contribution in [0.4, 0.5) is 4.79 Å². The normalized spacial score (nSPS) is 21.0. The van der Waals surface area contributed by atoms with E-state index in [0.29, 0.717) is 6.54 Å². The number of cyclic esters (lactones) is 1. The van der Waals surface area contributed by atoms with E-state index in [4.69, 9.17) is 4.74 Å². The summed E-state index contributed by atoms with van der Waals surface area (Å²) >= 11 is 3.41. The van der Waals surface area contributed by atoms with Gasteiger partial charge >= 0.3 is 6.09 Å². The standard InChI is InChI=1S/C9H8BrNO2/c10-7-4-2-1-3-6(7)8-5-11-9(12)13-8/h1-4,8H,5H2,(H,11,12)/t8-/m1/s1. The van der Waals surface area contributed by atoms with Crippen LogP contribution in [-0.2, 0) is 4.74 Å². The van der Waals surface area contributed by atoms with Gasteiger partial charge in [-0.15, -0.1) is 0 Å². The van der Waals surface area contributed by atoms with Gasteiger partial charge in [-0.1, -0.05) is 34.1 Å². The highest BCUT2D eigenvalue weighted by Crippen LogP contribution is 2.27. The van der Waals surface area contributed by atoms with Crippen LogP contribution in [0.3, 0.4) is 0 Å². The Bertz CT molecular complexity index is 340. The third-order valence-electron chi connectivity index (χ3n) is 1.93. The van der Waals surface area contributed by atoms with Gasteiger partial charge in [-0.3, -0.25) is 0 Å². The van der Waals surface area contributed by atoms with E-state index in [-0.39, 0.29) is 12.2 Å². The quantitative estimate of drug-likeness (QED) is 0.819. The summed E-state index contributed by atoms with van der Waals surface area (Å²) in [5.41, 5.74) is 1.00. The molecule has 0 aromatic heterocycles. The molecule has 2 rings (SSSR count). The fraction of sp³-hybridized carbons (Fsp3) is 0.222. The largest absolute Gasteiger partial charge is 0.439 e. The summed E-state index contributed by atoms with van der Waals surface area (Å²) in [5, 5.41) is 2.61. The van der Waals surface area contributed by atoms with Crippen LogP contribution in [0.1, 0.15) is 11.7 Å². The van der Waals surface area contributed by atoms with E-state index in [0.717, 1.165) is 10.0 Å². The van der Waals surface area contributed by atoms with Crippen molar-refractivity contribution in [2.24, 2.45) is 0 Å². The first kappa shape index (κ1) is 8.56. The number of carbonyl (C=O) groups excluding carboxylic acids is 1. The highest BCUT2D eigenvalue weighted by Gasteiger charge is 2.25. The van der Waals surface area contributed by atoms with E-state index in [1.807, 2.05) is 24.3 Å². The minimum absolute atomic E-state index is 0.164. The van der Waals surface area contributed by atoms with Gasteiger partial charge in [0, 0.05) is 10.0 Å². The molecule has 1 heterocycles. The Kier molecular flexibility index (Phi) is 2.22. The molecular formula is C9H8BrNO2. The topological polar surface area (TPSA) is 38.3 Å². The Labute approximate surface area is 84.2 Å². The number of alkyl carbamates (subject to hydrolysis) is 1. The van der Waals surface area contributed by atoms with Crippen molar-refractivity contribution in [2.45, 2.75) is 6.10 Å². The van der Waals surface area contributed by atoms with Crippen molar-refractivity contribution in [3.8, 4) is 0 Å². The molecule has 1 atom stereocenters. The lowest BCUT2D eigenvalue weighted by Crippen LogP contribution is -2.12. The number of halogens is 1. The molecule has 0 bridgehead atoms. The fourth-order valence-electron chi connectivity index (χ4n) is 1.30. The van der Waals surface area contributed by atoms with Gasteiger partial charge in [-0.05, 0) is 6.07 Å². The monoisotopic (exact) mass is 241 g/mol. The molecule has 1 N–H and O–H groups in total. The smallest absolute Gasteiger partial charge is 0.407 e. The van der Waals surface area contributed by atoms with Crippen LogP contribution >= 0.6 is 15.9 Å². The summed E-state index contributed by atoms with van der Waals surface area (Å²) in [5.74, 6) is 0. The molecule has 68 valence electrons. The molecule has 0 aliphatic carbocycles. The predicted octanol–water partition coefficient (Wildman–Crippen LogP) is 2.23. The van der Waals surface area contributed by atoms with Crippen LogP contribution in [0, 0.1) is 0 Å². The van der Waals surface area contributed by atoms with Crippen molar-refractivity contribution in [3.05, 3.63) is 34.3 Å². The van der Waals surface area contributed by atoms with E-state index in [9.17, 15) is 4.79 Å². The Morgan fingerprint density at radius 3 is 2.85 bits per heavy atom. The van der Waals surface area contributed by atoms with Crippen molar-refractivity contribution in [2.75, 3.05) is 6.54 Å². The molecule has 13 heavy (non-hydrogen) atoms. The molecule has 0 spiro atoms. The summed E-state index contributed by atoms with van der Waals surface area (Å²) in [6.07, 6.45) is -0.510. The molecule has 0 radical (unpaired) electrons. The number of benzene rings is 1. The lowest BCUT2D eigenvalue weighted by Gasteiger charge is -2.09. The third kappa shape index (κ3) is 1.67. The van der Waals surface area contributed by atoms with Crippen LogP contribution in [-0.4, -0.2) is 12.6 Å². The van der Waals surface area contributed by atoms with E-state index in [2.05, 4.69) is 21.2 Å². The molecule has 1 aromatic carbocycles. The van der Waals surface area contributed by atoms with Gasteiger partial charge in [0.15, 0.2) is 0 Å². The van der Waals surface area contributed by atoms with Crippen LogP contribution in [0.25, 0.3) is 0 Å². The Balaban J connectivity index is 2.26. The lowest BCUT2D eigenvalue weighted by atomic mass is 10.1. The third-order valence-corrected chi connectivity index (χ3v) is 2.66. The van der Waals surface area contributed by atoms with Crippen LogP contribution in [0.5, 0.6) is 0 Å². The lowest BCUT2D eigenvalue weighted by molar-refractivity contribution is 0.141. The molecule has 3 nitrogen and oxygen atoms in total. The Hall–Kier alpha value is -1.03. The maximum absolute atomic E-state index is 10.8. The second-order valence-electron chi connectivity index (χ2n) is 2.80. The Morgan fingerprint density at radius 2 is 2.23 bits per heavy atom. The first-order valence-electron chi connectivity index (χ1n) is 3.96. The molecule has 1 aromatic rings.